The molecular formula is C18H21BrN2O3. The van der Waals surface area contributed by atoms with Crippen LogP contribution in [-0.4, -0.2) is 29.9 Å². The zero-order valence-corrected chi connectivity index (χ0v) is 15.2. The average molecular weight is 393 g/mol. The Morgan fingerprint density at radius 1 is 1.33 bits per heavy atom. The summed E-state index contributed by atoms with van der Waals surface area (Å²) in [6, 6.07) is 11.3. The smallest absolute Gasteiger partial charge is 0.289 e. The summed E-state index contributed by atoms with van der Waals surface area (Å²) in [6.45, 7) is 3.64. The van der Waals surface area contributed by atoms with Gasteiger partial charge in [-0.3, -0.25) is 4.79 Å². The van der Waals surface area contributed by atoms with Crippen molar-refractivity contribution in [1.82, 2.24) is 4.90 Å². The quantitative estimate of drug-likeness (QED) is 0.845. The summed E-state index contributed by atoms with van der Waals surface area (Å²) in [5.41, 5.74) is 5.72. The maximum Gasteiger partial charge on any atom is 0.289 e. The average Bonchev–Trinajstić information content (AvgIpc) is 3.20. The molecule has 128 valence electrons. The molecule has 1 fully saturated rings. The van der Waals surface area contributed by atoms with Crippen molar-refractivity contribution in [3.63, 3.8) is 0 Å². The van der Waals surface area contributed by atoms with Crippen LogP contribution in [0.3, 0.4) is 0 Å². The van der Waals surface area contributed by atoms with E-state index in [2.05, 4.69) is 15.9 Å². The number of carbonyl (C=O) groups is 1. The van der Waals surface area contributed by atoms with Gasteiger partial charge in [-0.15, -0.1) is 0 Å². The zero-order valence-electron chi connectivity index (χ0n) is 13.6. The highest BCUT2D eigenvalue weighted by atomic mass is 79.9. The number of ether oxygens (including phenoxy) is 1. The van der Waals surface area contributed by atoms with E-state index >= 15 is 0 Å². The third-order valence-electron chi connectivity index (χ3n) is 4.32. The SMILES string of the molecule is CC1CC(CN)CN1C(=O)c1ccc(COc2ccc(Br)cc2)o1. The van der Waals surface area contributed by atoms with Crippen LogP contribution in [0.1, 0.15) is 29.7 Å². The summed E-state index contributed by atoms with van der Waals surface area (Å²) in [6.07, 6.45) is 0.947. The molecule has 0 radical (unpaired) electrons. The molecule has 24 heavy (non-hydrogen) atoms. The Hall–Kier alpha value is -1.79. The van der Waals surface area contributed by atoms with Crippen LogP contribution in [0.4, 0.5) is 0 Å². The normalized spacial score (nSPS) is 20.4. The van der Waals surface area contributed by atoms with Gasteiger partial charge in [0.15, 0.2) is 5.76 Å². The molecule has 2 aromatic rings. The number of furan rings is 1. The van der Waals surface area contributed by atoms with Crippen LogP contribution >= 0.6 is 15.9 Å². The molecule has 2 unspecified atom stereocenters. The van der Waals surface area contributed by atoms with Crippen LogP contribution in [0.15, 0.2) is 45.3 Å². The molecule has 1 aromatic heterocycles. The van der Waals surface area contributed by atoms with Gasteiger partial charge in [0.25, 0.3) is 5.91 Å². The highest BCUT2D eigenvalue weighted by Gasteiger charge is 2.33. The van der Waals surface area contributed by atoms with Crippen LogP contribution in [0.5, 0.6) is 5.75 Å². The molecule has 0 bridgehead atoms. The summed E-state index contributed by atoms with van der Waals surface area (Å²) in [4.78, 5) is 14.4. The predicted molar refractivity (Wildman–Crippen MR) is 94.8 cm³/mol. The molecule has 1 aromatic carbocycles. The maximum absolute atomic E-state index is 12.6. The second-order valence-corrected chi connectivity index (χ2v) is 7.07. The Bertz CT molecular complexity index is 699. The highest BCUT2D eigenvalue weighted by Crippen LogP contribution is 2.25. The number of carbonyl (C=O) groups excluding carboxylic acids is 1. The molecule has 3 rings (SSSR count). The monoisotopic (exact) mass is 392 g/mol. The standard InChI is InChI=1S/C18H21BrN2O3/c1-12-8-13(9-20)10-21(12)18(22)17-7-6-16(24-17)11-23-15-4-2-14(19)3-5-15/h2-7,12-13H,8-11,20H2,1H3. The lowest BCUT2D eigenvalue weighted by Gasteiger charge is -2.20. The van der Waals surface area contributed by atoms with Crippen molar-refractivity contribution in [3.8, 4) is 5.75 Å². The van der Waals surface area contributed by atoms with Gasteiger partial charge in [0.2, 0.25) is 0 Å². The second-order valence-electron chi connectivity index (χ2n) is 6.15. The van der Waals surface area contributed by atoms with Crippen LogP contribution in [-0.2, 0) is 6.61 Å². The third-order valence-corrected chi connectivity index (χ3v) is 4.85. The van der Waals surface area contributed by atoms with Gasteiger partial charge >= 0.3 is 0 Å². The van der Waals surface area contributed by atoms with Crippen molar-refractivity contribution in [3.05, 3.63) is 52.4 Å². The minimum Gasteiger partial charge on any atom is -0.486 e. The molecule has 0 aliphatic carbocycles. The van der Waals surface area contributed by atoms with Gasteiger partial charge < -0.3 is 19.8 Å². The Morgan fingerprint density at radius 3 is 2.75 bits per heavy atom. The van der Waals surface area contributed by atoms with E-state index in [1.807, 2.05) is 36.1 Å². The molecule has 1 aliphatic heterocycles. The number of rotatable bonds is 5. The summed E-state index contributed by atoms with van der Waals surface area (Å²) in [5, 5.41) is 0. The van der Waals surface area contributed by atoms with E-state index in [-0.39, 0.29) is 18.6 Å². The van der Waals surface area contributed by atoms with E-state index in [9.17, 15) is 4.79 Å². The van der Waals surface area contributed by atoms with Gasteiger partial charge in [0.1, 0.15) is 18.1 Å². The van der Waals surface area contributed by atoms with E-state index < -0.39 is 0 Å². The summed E-state index contributed by atoms with van der Waals surface area (Å²) in [7, 11) is 0. The number of likely N-dealkylation sites (tertiary alicyclic amines) is 1. The Labute approximate surface area is 149 Å². The number of hydrogen-bond donors (Lipinski definition) is 1. The summed E-state index contributed by atoms with van der Waals surface area (Å²) < 4.78 is 12.3. The minimum absolute atomic E-state index is 0.0756. The molecule has 1 aliphatic rings. The predicted octanol–water partition coefficient (Wildman–Crippen LogP) is 3.43. The van der Waals surface area contributed by atoms with Crippen LogP contribution in [0.25, 0.3) is 0 Å². The maximum atomic E-state index is 12.6. The van der Waals surface area contributed by atoms with Crippen molar-refractivity contribution in [1.29, 1.82) is 0 Å². The van der Waals surface area contributed by atoms with Crippen molar-refractivity contribution >= 4 is 21.8 Å². The molecular weight excluding hydrogens is 372 g/mol. The number of nitrogens with zero attached hydrogens (tertiary/aromatic N) is 1. The number of halogens is 1. The molecule has 5 nitrogen and oxygen atoms in total. The van der Waals surface area contributed by atoms with E-state index in [0.717, 1.165) is 16.6 Å². The fraction of sp³-hybridized carbons (Fsp3) is 0.389. The second kappa shape index (κ2) is 7.40. The van der Waals surface area contributed by atoms with Crippen molar-refractivity contribution in [2.45, 2.75) is 26.0 Å². The molecule has 2 atom stereocenters. The van der Waals surface area contributed by atoms with Gasteiger partial charge in [0.05, 0.1) is 0 Å². The first-order chi connectivity index (χ1) is 11.6. The Morgan fingerprint density at radius 2 is 2.08 bits per heavy atom. The first-order valence-electron chi connectivity index (χ1n) is 8.05. The third kappa shape index (κ3) is 3.82. The topological polar surface area (TPSA) is 68.7 Å². The van der Waals surface area contributed by atoms with Gasteiger partial charge in [0, 0.05) is 17.1 Å². The highest BCUT2D eigenvalue weighted by molar-refractivity contribution is 9.10. The first-order valence-corrected chi connectivity index (χ1v) is 8.84. The fourth-order valence-corrected chi connectivity index (χ4v) is 3.26. The van der Waals surface area contributed by atoms with Crippen LogP contribution < -0.4 is 10.5 Å². The molecule has 2 N–H and O–H groups in total. The lowest BCUT2D eigenvalue weighted by atomic mass is 10.1. The van der Waals surface area contributed by atoms with Crippen LogP contribution in [0.2, 0.25) is 0 Å². The molecule has 6 heteroatoms. The van der Waals surface area contributed by atoms with E-state index in [0.29, 0.717) is 30.5 Å². The molecule has 2 heterocycles. The number of benzene rings is 1. The van der Waals surface area contributed by atoms with E-state index in [4.69, 9.17) is 14.9 Å². The minimum atomic E-state index is -0.0756. The lowest BCUT2D eigenvalue weighted by Crippen LogP contribution is -2.34. The fourth-order valence-electron chi connectivity index (χ4n) is 2.99. The van der Waals surface area contributed by atoms with Crippen LogP contribution in [0, 0.1) is 5.92 Å². The molecule has 0 spiro atoms. The number of amides is 1. The summed E-state index contributed by atoms with van der Waals surface area (Å²) >= 11 is 3.38. The van der Waals surface area contributed by atoms with Crippen molar-refractivity contribution in [2.24, 2.45) is 11.7 Å². The molecule has 0 saturated carbocycles. The van der Waals surface area contributed by atoms with E-state index in [1.165, 1.54) is 0 Å². The van der Waals surface area contributed by atoms with Crippen molar-refractivity contribution < 1.29 is 13.9 Å². The Balaban J connectivity index is 1.60. The molecule has 1 amide bonds. The van der Waals surface area contributed by atoms with Gasteiger partial charge in [-0.2, -0.15) is 0 Å². The van der Waals surface area contributed by atoms with Gasteiger partial charge in [-0.05, 0) is 62.2 Å². The summed E-state index contributed by atoms with van der Waals surface area (Å²) in [5.74, 6) is 2.03. The number of hydrogen-bond acceptors (Lipinski definition) is 4. The van der Waals surface area contributed by atoms with Crippen molar-refractivity contribution in [2.75, 3.05) is 13.1 Å². The largest absolute Gasteiger partial charge is 0.486 e. The lowest BCUT2D eigenvalue weighted by molar-refractivity contribution is 0.0707. The van der Waals surface area contributed by atoms with Gasteiger partial charge in [-0.1, -0.05) is 15.9 Å². The first kappa shape index (κ1) is 17.0. The van der Waals surface area contributed by atoms with E-state index in [1.54, 1.807) is 12.1 Å². The number of nitrogens with two attached hydrogens (primary N) is 1. The zero-order chi connectivity index (χ0) is 17.1. The molecule has 1 saturated heterocycles. The van der Waals surface area contributed by atoms with Gasteiger partial charge in [-0.25, -0.2) is 0 Å². The Kier molecular flexibility index (Phi) is 5.26.